The van der Waals surface area contributed by atoms with E-state index in [1.54, 1.807) is 42.9 Å². The molecule has 0 saturated heterocycles. The van der Waals surface area contributed by atoms with Crippen molar-refractivity contribution in [2.45, 2.75) is 18.7 Å². The van der Waals surface area contributed by atoms with Gasteiger partial charge in [0.2, 0.25) is 0 Å². The molecule has 0 unspecified atom stereocenters. The number of benzene rings is 1. The van der Waals surface area contributed by atoms with Crippen molar-refractivity contribution in [2.24, 2.45) is 7.05 Å². The molecule has 0 aliphatic rings. The molecule has 2 N–H and O–H groups in total. The van der Waals surface area contributed by atoms with Gasteiger partial charge in [-0.3, -0.25) is 10.2 Å². The number of aromatic nitrogens is 1. The lowest BCUT2D eigenvalue weighted by atomic mass is 10.2. The Morgan fingerprint density at radius 2 is 1.91 bits per heavy atom. The van der Waals surface area contributed by atoms with Crippen molar-refractivity contribution in [3.63, 3.8) is 0 Å². The lowest BCUT2D eigenvalue weighted by Gasteiger charge is -2.11. The van der Waals surface area contributed by atoms with Gasteiger partial charge in [-0.1, -0.05) is 17.7 Å². The molecule has 2 aromatic rings. The van der Waals surface area contributed by atoms with E-state index in [2.05, 4.69) is 26.2 Å². The van der Waals surface area contributed by atoms with E-state index in [0.29, 0.717) is 11.3 Å². The predicted molar refractivity (Wildman–Crippen MR) is 86.8 cm³/mol. The van der Waals surface area contributed by atoms with Crippen molar-refractivity contribution in [2.75, 3.05) is 0 Å². The highest BCUT2D eigenvalue weighted by Crippen LogP contribution is 2.16. The maximum absolute atomic E-state index is 12.2. The highest BCUT2D eigenvalue weighted by molar-refractivity contribution is 9.10. The Labute approximate surface area is 137 Å². The number of halogens is 1. The number of carbonyl (C=O) groups excluding carboxylic acids is 1. The average Bonchev–Trinajstić information content (AvgIpc) is 2.74. The van der Waals surface area contributed by atoms with Crippen LogP contribution < -0.4 is 10.3 Å². The smallest absolute Gasteiger partial charge is 0.282 e. The summed E-state index contributed by atoms with van der Waals surface area (Å²) in [5.74, 6) is -0.540. The molecular weight excluding hydrogens is 370 g/mol. The summed E-state index contributed by atoms with van der Waals surface area (Å²) in [4.78, 5) is 14.3. The summed E-state index contributed by atoms with van der Waals surface area (Å²) in [6.07, 6.45) is 1.70. The van der Waals surface area contributed by atoms with Crippen LogP contribution in [0.2, 0.25) is 0 Å². The zero-order chi connectivity index (χ0) is 16.5. The van der Waals surface area contributed by atoms with Crippen LogP contribution in [0.1, 0.15) is 21.6 Å². The number of aryl methyl sites for hydroxylation is 3. The summed E-state index contributed by atoms with van der Waals surface area (Å²) < 4.78 is 26.8. The maximum Gasteiger partial charge on any atom is 0.282 e. The van der Waals surface area contributed by atoms with E-state index in [-0.39, 0.29) is 4.90 Å². The number of sulfonamides is 1. The highest BCUT2D eigenvalue weighted by Gasteiger charge is 2.19. The topological polar surface area (TPSA) is 80.2 Å². The molecule has 0 bridgehead atoms. The van der Waals surface area contributed by atoms with E-state index in [1.165, 1.54) is 6.07 Å². The second-order valence-corrected chi connectivity index (χ2v) is 7.55. The normalized spacial score (nSPS) is 11.5. The van der Waals surface area contributed by atoms with Crippen molar-refractivity contribution < 1.29 is 13.2 Å². The number of nitrogens with one attached hydrogen (secondary N) is 2. The highest BCUT2D eigenvalue weighted by atomic mass is 79.9. The van der Waals surface area contributed by atoms with Crippen LogP contribution in [0.25, 0.3) is 0 Å². The van der Waals surface area contributed by atoms with Crippen LogP contribution in [0.15, 0.2) is 39.8 Å². The Morgan fingerprint density at radius 3 is 2.45 bits per heavy atom. The number of hydrogen-bond acceptors (Lipinski definition) is 3. The Morgan fingerprint density at radius 1 is 1.23 bits per heavy atom. The van der Waals surface area contributed by atoms with E-state index >= 15 is 0 Å². The SMILES string of the molecule is Cc1ccc(S(=O)(=O)NNC(=O)c2cc(Br)cn2C)c(C)c1. The van der Waals surface area contributed by atoms with Gasteiger partial charge in [-0.15, -0.1) is 4.83 Å². The molecule has 0 saturated carbocycles. The van der Waals surface area contributed by atoms with Gasteiger partial charge in [0, 0.05) is 17.7 Å². The first kappa shape index (κ1) is 16.7. The van der Waals surface area contributed by atoms with Crippen molar-refractivity contribution in [1.82, 2.24) is 14.8 Å². The Kier molecular flexibility index (Phi) is 4.74. The first-order chi connectivity index (χ1) is 10.2. The number of amides is 1. The number of carbonyl (C=O) groups is 1. The van der Waals surface area contributed by atoms with Gasteiger partial charge in [0.1, 0.15) is 5.69 Å². The number of nitrogens with zero attached hydrogens (tertiary/aromatic N) is 1. The molecule has 0 spiro atoms. The Hall–Kier alpha value is -1.64. The number of hydrogen-bond donors (Lipinski definition) is 2. The quantitative estimate of drug-likeness (QED) is 0.790. The number of rotatable bonds is 4. The molecule has 118 valence electrons. The third kappa shape index (κ3) is 3.57. The van der Waals surface area contributed by atoms with Gasteiger partial charge in [-0.25, -0.2) is 8.42 Å². The van der Waals surface area contributed by atoms with E-state index in [4.69, 9.17) is 0 Å². The van der Waals surface area contributed by atoms with E-state index in [1.807, 2.05) is 6.92 Å². The van der Waals surface area contributed by atoms with E-state index < -0.39 is 15.9 Å². The lowest BCUT2D eigenvalue weighted by molar-refractivity contribution is 0.0937. The molecule has 0 aliphatic carbocycles. The molecule has 1 aromatic carbocycles. The van der Waals surface area contributed by atoms with Crippen LogP contribution in [-0.2, 0) is 17.1 Å². The summed E-state index contributed by atoms with van der Waals surface area (Å²) in [6.45, 7) is 3.59. The van der Waals surface area contributed by atoms with Gasteiger partial charge in [0.15, 0.2) is 0 Å². The lowest BCUT2D eigenvalue weighted by Crippen LogP contribution is -2.42. The molecule has 0 atom stereocenters. The fourth-order valence-electron chi connectivity index (χ4n) is 2.08. The third-order valence-corrected chi connectivity index (χ3v) is 4.96. The van der Waals surface area contributed by atoms with Gasteiger partial charge in [0.05, 0.1) is 4.90 Å². The van der Waals surface area contributed by atoms with E-state index in [0.717, 1.165) is 10.0 Å². The molecule has 0 fully saturated rings. The molecule has 8 heteroatoms. The zero-order valence-electron chi connectivity index (χ0n) is 12.3. The van der Waals surface area contributed by atoms with Gasteiger partial charge in [-0.05, 0) is 47.5 Å². The average molecular weight is 386 g/mol. The minimum atomic E-state index is -3.82. The van der Waals surface area contributed by atoms with Crippen LogP contribution in [0.4, 0.5) is 0 Å². The first-order valence-corrected chi connectivity index (χ1v) is 8.69. The summed E-state index contributed by atoms with van der Waals surface area (Å²) in [7, 11) is -2.13. The predicted octanol–water partition coefficient (Wildman–Crippen LogP) is 2.03. The second-order valence-electron chi connectivity index (χ2n) is 4.98. The Balaban J connectivity index is 2.16. The molecule has 22 heavy (non-hydrogen) atoms. The van der Waals surface area contributed by atoms with Gasteiger partial charge in [-0.2, -0.15) is 0 Å². The van der Waals surface area contributed by atoms with Crippen molar-refractivity contribution >= 4 is 31.9 Å². The van der Waals surface area contributed by atoms with Crippen LogP contribution in [0.3, 0.4) is 0 Å². The summed E-state index contributed by atoms with van der Waals surface area (Å²) in [5.41, 5.74) is 4.13. The van der Waals surface area contributed by atoms with Crippen molar-refractivity contribution in [3.8, 4) is 0 Å². The standard InChI is InChI=1S/C14H16BrN3O3S/c1-9-4-5-13(10(2)6-9)22(20,21)17-16-14(19)12-7-11(15)8-18(12)3/h4-8,17H,1-3H3,(H,16,19). The Bertz CT molecular complexity index is 828. The van der Waals surface area contributed by atoms with Crippen molar-refractivity contribution in [3.05, 3.63) is 51.8 Å². The molecule has 6 nitrogen and oxygen atoms in total. The van der Waals surface area contributed by atoms with E-state index in [9.17, 15) is 13.2 Å². The third-order valence-electron chi connectivity index (χ3n) is 3.12. The molecule has 1 aromatic heterocycles. The number of hydrazine groups is 1. The monoisotopic (exact) mass is 385 g/mol. The molecule has 1 heterocycles. The fraction of sp³-hybridized carbons (Fsp3) is 0.214. The van der Waals surface area contributed by atoms with Gasteiger partial charge < -0.3 is 4.57 Å². The molecule has 2 rings (SSSR count). The zero-order valence-corrected chi connectivity index (χ0v) is 14.7. The van der Waals surface area contributed by atoms with Crippen LogP contribution in [0, 0.1) is 13.8 Å². The maximum atomic E-state index is 12.2. The molecule has 0 aliphatic heterocycles. The molecule has 0 radical (unpaired) electrons. The van der Waals surface area contributed by atoms with Crippen LogP contribution in [0.5, 0.6) is 0 Å². The largest absolute Gasteiger partial charge is 0.345 e. The summed E-state index contributed by atoms with van der Waals surface area (Å²) in [6, 6.07) is 6.58. The summed E-state index contributed by atoms with van der Waals surface area (Å²) in [5, 5.41) is 0. The minimum Gasteiger partial charge on any atom is -0.345 e. The van der Waals surface area contributed by atoms with Crippen molar-refractivity contribution in [1.29, 1.82) is 0 Å². The summed E-state index contributed by atoms with van der Waals surface area (Å²) >= 11 is 3.26. The molecule has 1 amide bonds. The minimum absolute atomic E-state index is 0.131. The van der Waals surface area contributed by atoms with Gasteiger partial charge in [0.25, 0.3) is 15.9 Å². The second kappa shape index (κ2) is 6.23. The first-order valence-electron chi connectivity index (χ1n) is 6.42. The van der Waals surface area contributed by atoms with Crippen LogP contribution >= 0.6 is 15.9 Å². The fourth-order valence-corrected chi connectivity index (χ4v) is 3.67. The van der Waals surface area contributed by atoms with Gasteiger partial charge >= 0.3 is 0 Å². The van der Waals surface area contributed by atoms with Crippen LogP contribution in [-0.4, -0.2) is 18.9 Å². The molecular formula is C14H16BrN3O3S.